The Morgan fingerprint density at radius 1 is 0.960 bits per heavy atom. The summed E-state index contributed by atoms with van der Waals surface area (Å²) in [5.41, 5.74) is 5.25. The summed E-state index contributed by atoms with van der Waals surface area (Å²) in [7, 11) is -3.58. The zero-order valence-electron chi connectivity index (χ0n) is 15.3. The van der Waals surface area contributed by atoms with Gasteiger partial charge in [-0.3, -0.25) is 9.10 Å². The second kappa shape index (κ2) is 7.27. The normalized spacial score (nSPS) is 11.2. The van der Waals surface area contributed by atoms with Gasteiger partial charge in [-0.1, -0.05) is 23.8 Å². The molecule has 1 amide bonds. The monoisotopic (exact) mass is 360 g/mol. The number of hydrogen-bond donors (Lipinski definition) is 1. The summed E-state index contributed by atoms with van der Waals surface area (Å²) >= 11 is 0. The fourth-order valence-corrected chi connectivity index (χ4v) is 3.40. The summed E-state index contributed by atoms with van der Waals surface area (Å²) in [6.45, 7) is 7.48. The molecule has 5 nitrogen and oxygen atoms in total. The topological polar surface area (TPSA) is 66.5 Å². The van der Waals surface area contributed by atoms with Gasteiger partial charge in [0.05, 0.1) is 11.9 Å². The first kappa shape index (κ1) is 19.0. The number of amides is 1. The number of hydrogen-bond acceptors (Lipinski definition) is 3. The SMILES string of the molecule is Cc1ccc(NC(=O)CN(c2ccc(C)c(C)c2)S(C)(=O)=O)c(C)c1. The largest absolute Gasteiger partial charge is 0.324 e. The van der Waals surface area contributed by atoms with Gasteiger partial charge in [0.2, 0.25) is 15.9 Å². The third-order valence-electron chi connectivity index (χ3n) is 4.12. The van der Waals surface area contributed by atoms with Crippen molar-refractivity contribution in [3.8, 4) is 0 Å². The second-order valence-corrected chi connectivity index (χ2v) is 8.31. The van der Waals surface area contributed by atoms with E-state index in [2.05, 4.69) is 5.32 Å². The maximum absolute atomic E-state index is 12.4. The van der Waals surface area contributed by atoms with Crippen LogP contribution in [0.1, 0.15) is 22.3 Å². The van der Waals surface area contributed by atoms with Crippen LogP contribution in [0.15, 0.2) is 36.4 Å². The maximum atomic E-state index is 12.4. The van der Waals surface area contributed by atoms with Crippen LogP contribution >= 0.6 is 0 Å². The highest BCUT2D eigenvalue weighted by Gasteiger charge is 2.21. The predicted octanol–water partition coefficient (Wildman–Crippen LogP) is 3.32. The van der Waals surface area contributed by atoms with E-state index in [0.29, 0.717) is 11.4 Å². The van der Waals surface area contributed by atoms with E-state index in [9.17, 15) is 13.2 Å². The van der Waals surface area contributed by atoms with Crippen LogP contribution in [-0.4, -0.2) is 27.1 Å². The fourth-order valence-electron chi connectivity index (χ4n) is 2.55. The summed E-state index contributed by atoms with van der Waals surface area (Å²) in [4.78, 5) is 12.4. The van der Waals surface area contributed by atoms with E-state index in [0.717, 1.165) is 32.8 Å². The molecule has 0 aliphatic heterocycles. The zero-order chi connectivity index (χ0) is 18.8. The van der Waals surface area contributed by atoms with Crippen LogP contribution in [0, 0.1) is 27.7 Å². The summed E-state index contributed by atoms with van der Waals surface area (Å²) in [5.74, 6) is -0.379. The van der Waals surface area contributed by atoms with Gasteiger partial charge in [-0.25, -0.2) is 8.42 Å². The molecule has 25 heavy (non-hydrogen) atoms. The zero-order valence-corrected chi connectivity index (χ0v) is 16.1. The second-order valence-electron chi connectivity index (χ2n) is 6.40. The highest BCUT2D eigenvalue weighted by atomic mass is 32.2. The van der Waals surface area contributed by atoms with Crippen molar-refractivity contribution in [2.24, 2.45) is 0 Å². The molecule has 0 radical (unpaired) electrons. The summed E-state index contributed by atoms with van der Waals surface area (Å²) in [6.07, 6.45) is 1.10. The van der Waals surface area contributed by atoms with E-state index < -0.39 is 10.0 Å². The van der Waals surface area contributed by atoms with Gasteiger partial charge in [0.25, 0.3) is 0 Å². The highest BCUT2D eigenvalue weighted by Crippen LogP contribution is 2.22. The van der Waals surface area contributed by atoms with Gasteiger partial charge in [0.1, 0.15) is 6.54 Å². The average Bonchev–Trinajstić information content (AvgIpc) is 2.49. The molecule has 0 fully saturated rings. The van der Waals surface area contributed by atoms with Gasteiger partial charge in [0.15, 0.2) is 0 Å². The molecule has 0 spiro atoms. The molecule has 0 unspecified atom stereocenters. The van der Waals surface area contributed by atoms with Crippen LogP contribution in [-0.2, 0) is 14.8 Å². The van der Waals surface area contributed by atoms with E-state index >= 15 is 0 Å². The molecule has 2 aromatic carbocycles. The first-order valence-electron chi connectivity index (χ1n) is 8.00. The lowest BCUT2D eigenvalue weighted by Crippen LogP contribution is -2.37. The molecular formula is C19H24N2O3S. The van der Waals surface area contributed by atoms with Crippen molar-refractivity contribution in [2.75, 3.05) is 22.4 Å². The van der Waals surface area contributed by atoms with Gasteiger partial charge in [-0.05, 0) is 62.6 Å². The molecule has 134 valence electrons. The molecule has 0 bridgehead atoms. The van der Waals surface area contributed by atoms with Crippen LogP contribution in [0.4, 0.5) is 11.4 Å². The molecule has 0 saturated carbocycles. The number of aryl methyl sites for hydroxylation is 4. The van der Waals surface area contributed by atoms with Gasteiger partial charge >= 0.3 is 0 Å². The van der Waals surface area contributed by atoms with Crippen molar-refractivity contribution in [1.82, 2.24) is 0 Å². The van der Waals surface area contributed by atoms with E-state index in [1.807, 2.05) is 52.0 Å². The van der Waals surface area contributed by atoms with Crippen molar-refractivity contribution in [1.29, 1.82) is 0 Å². The van der Waals surface area contributed by atoms with E-state index in [1.54, 1.807) is 12.1 Å². The lowest BCUT2D eigenvalue weighted by molar-refractivity contribution is -0.114. The van der Waals surface area contributed by atoms with Crippen molar-refractivity contribution in [3.63, 3.8) is 0 Å². The number of nitrogens with one attached hydrogen (secondary N) is 1. The Morgan fingerprint density at radius 3 is 2.20 bits per heavy atom. The van der Waals surface area contributed by atoms with Crippen LogP contribution in [0.25, 0.3) is 0 Å². The fraction of sp³-hybridized carbons (Fsp3) is 0.316. The summed E-state index contributed by atoms with van der Waals surface area (Å²) in [5, 5.41) is 2.79. The van der Waals surface area contributed by atoms with Crippen LogP contribution in [0.3, 0.4) is 0 Å². The number of carbonyl (C=O) groups excluding carboxylic acids is 1. The molecule has 0 aliphatic rings. The summed E-state index contributed by atoms with van der Waals surface area (Å²) in [6, 6.07) is 11.0. The Morgan fingerprint density at radius 2 is 1.64 bits per heavy atom. The third-order valence-corrected chi connectivity index (χ3v) is 5.26. The smallest absolute Gasteiger partial charge is 0.245 e. The van der Waals surface area contributed by atoms with E-state index in [1.165, 1.54) is 0 Å². The van der Waals surface area contributed by atoms with Crippen LogP contribution in [0.2, 0.25) is 0 Å². The minimum atomic E-state index is -3.58. The van der Waals surface area contributed by atoms with Gasteiger partial charge in [-0.15, -0.1) is 0 Å². The lowest BCUT2D eigenvalue weighted by atomic mass is 10.1. The lowest BCUT2D eigenvalue weighted by Gasteiger charge is -2.23. The number of rotatable bonds is 5. The Labute approximate surface area is 149 Å². The van der Waals surface area contributed by atoms with Crippen molar-refractivity contribution < 1.29 is 13.2 Å². The average molecular weight is 360 g/mol. The molecule has 0 saturated heterocycles. The predicted molar refractivity (Wildman–Crippen MR) is 103 cm³/mol. The molecular weight excluding hydrogens is 336 g/mol. The van der Waals surface area contributed by atoms with Crippen molar-refractivity contribution >= 4 is 27.3 Å². The minimum absolute atomic E-state index is 0.269. The van der Waals surface area contributed by atoms with Crippen LogP contribution in [0.5, 0.6) is 0 Å². The molecule has 0 aliphatic carbocycles. The molecule has 2 aromatic rings. The number of sulfonamides is 1. The van der Waals surface area contributed by atoms with E-state index in [4.69, 9.17) is 0 Å². The van der Waals surface area contributed by atoms with E-state index in [-0.39, 0.29) is 12.5 Å². The minimum Gasteiger partial charge on any atom is -0.324 e. The van der Waals surface area contributed by atoms with Gasteiger partial charge < -0.3 is 5.32 Å². The third kappa shape index (κ3) is 4.82. The Balaban J connectivity index is 2.25. The number of benzene rings is 2. The van der Waals surface area contributed by atoms with Gasteiger partial charge in [0, 0.05) is 5.69 Å². The standard InChI is InChI=1S/C19H24N2O3S/c1-13-6-9-18(16(4)10-13)20-19(22)12-21(25(5,23)24)17-8-7-14(2)15(3)11-17/h6-11H,12H2,1-5H3,(H,20,22). The Kier molecular flexibility index (Phi) is 5.52. The number of anilines is 2. The summed E-state index contributed by atoms with van der Waals surface area (Å²) < 4.78 is 25.5. The molecule has 2 rings (SSSR count). The Hall–Kier alpha value is -2.34. The maximum Gasteiger partial charge on any atom is 0.245 e. The molecule has 0 aromatic heterocycles. The Bertz CT molecular complexity index is 905. The quantitative estimate of drug-likeness (QED) is 0.889. The molecule has 0 atom stereocenters. The van der Waals surface area contributed by atoms with Gasteiger partial charge in [-0.2, -0.15) is 0 Å². The van der Waals surface area contributed by atoms with Crippen LogP contribution < -0.4 is 9.62 Å². The van der Waals surface area contributed by atoms with Crippen molar-refractivity contribution in [2.45, 2.75) is 27.7 Å². The first-order chi connectivity index (χ1) is 11.6. The molecule has 6 heteroatoms. The molecule has 0 heterocycles. The van der Waals surface area contributed by atoms with Crippen molar-refractivity contribution in [3.05, 3.63) is 58.7 Å². The highest BCUT2D eigenvalue weighted by molar-refractivity contribution is 7.92. The number of carbonyl (C=O) groups is 1. The first-order valence-corrected chi connectivity index (χ1v) is 9.85. The number of nitrogens with zero attached hydrogens (tertiary/aromatic N) is 1. The molecule has 1 N–H and O–H groups in total.